The van der Waals surface area contributed by atoms with Crippen molar-refractivity contribution in [3.8, 4) is 0 Å². The van der Waals surface area contributed by atoms with Crippen molar-refractivity contribution in [2.24, 2.45) is 0 Å². The van der Waals surface area contributed by atoms with Crippen LogP contribution in [0.15, 0.2) is 0 Å². The number of carbonyl (C=O) groups excluding carboxylic acids is 5. The average Bonchev–Trinajstić information content (AvgIpc) is 2.80. The van der Waals surface area contributed by atoms with Gasteiger partial charge < -0.3 is 16.0 Å². The van der Waals surface area contributed by atoms with Gasteiger partial charge in [0.2, 0.25) is 0 Å². The zero-order valence-corrected chi connectivity index (χ0v) is 24.3. The zero-order valence-electron chi connectivity index (χ0n) is 24.3. The molecule has 0 fully saturated rings. The Hall–Kier alpha value is -3.37. The molecule has 0 aromatic rings. The molecule has 0 rings (SSSR count). The number of amides is 10. The van der Waals surface area contributed by atoms with Crippen molar-refractivity contribution >= 4 is 30.2 Å². The summed E-state index contributed by atoms with van der Waals surface area (Å²) in [4.78, 5) is 61.3. The van der Waals surface area contributed by atoms with E-state index in [1.807, 2.05) is 0 Å². The smallest absolute Gasteiger partial charge is 0.337 e. The molecule has 0 atom stereocenters. The molecule has 10 amide bonds. The van der Waals surface area contributed by atoms with Crippen LogP contribution in [0.4, 0.5) is 24.0 Å². The van der Waals surface area contributed by atoms with Gasteiger partial charge in [0.15, 0.2) is 0 Å². The number of hydrazine groups is 3. The lowest BCUT2D eigenvalue weighted by atomic mass is 10.2. The molecule has 0 aromatic carbocycles. The number of hydrogen-bond donors (Lipinski definition) is 7. The second-order valence-electron chi connectivity index (χ2n) is 9.50. The molecule has 7 N–H and O–H groups in total. The first kappa shape index (κ1) is 35.6. The summed E-state index contributed by atoms with van der Waals surface area (Å²) in [5.74, 6) is 0. The Kier molecular flexibility index (Phi) is 19.7. The van der Waals surface area contributed by atoms with Crippen LogP contribution in [0.5, 0.6) is 0 Å². The Bertz CT molecular complexity index is 750. The summed E-state index contributed by atoms with van der Waals surface area (Å²) < 4.78 is 0. The maximum atomic E-state index is 12.7. The molecule has 16 nitrogen and oxygen atoms in total. The molecule has 0 saturated heterocycles. The van der Waals surface area contributed by atoms with Crippen LogP contribution >= 0.6 is 0 Å². The van der Waals surface area contributed by atoms with Crippen LogP contribution in [0.3, 0.4) is 0 Å². The topological polar surface area (TPSA) is 183 Å². The van der Waals surface area contributed by atoms with Crippen LogP contribution < -0.4 is 37.5 Å². The molecule has 39 heavy (non-hydrogen) atoms. The Morgan fingerprint density at radius 3 is 1.28 bits per heavy atom. The van der Waals surface area contributed by atoms with Crippen LogP contribution in [-0.2, 0) is 0 Å². The van der Waals surface area contributed by atoms with Gasteiger partial charge in [-0.15, -0.1) is 0 Å². The summed E-state index contributed by atoms with van der Waals surface area (Å²) in [6.45, 7) is 1.58. The molecule has 0 spiro atoms. The van der Waals surface area contributed by atoms with E-state index in [1.165, 1.54) is 5.01 Å². The van der Waals surface area contributed by atoms with Crippen molar-refractivity contribution in [1.82, 2.24) is 57.5 Å². The van der Waals surface area contributed by atoms with E-state index < -0.39 is 18.1 Å². The lowest BCUT2D eigenvalue weighted by molar-refractivity contribution is 0.180. The third-order valence-corrected chi connectivity index (χ3v) is 4.95. The fourth-order valence-electron chi connectivity index (χ4n) is 3.22. The summed E-state index contributed by atoms with van der Waals surface area (Å²) in [5, 5.41) is 14.9. The molecule has 0 aliphatic carbocycles. The highest BCUT2D eigenvalue weighted by atomic mass is 16.2. The van der Waals surface area contributed by atoms with Crippen molar-refractivity contribution in [3.05, 3.63) is 0 Å². The van der Waals surface area contributed by atoms with Crippen LogP contribution in [0.1, 0.15) is 51.4 Å². The van der Waals surface area contributed by atoms with E-state index in [2.05, 4.69) is 37.5 Å². The number of rotatable bonds is 17. The van der Waals surface area contributed by atoms with Crippen LogP contribution in [-0.4, -0.2) is 119 Å². The highest BCUT2D eigenvalue weighted by Crippen LogP contribution is 2.04. The Morgan fingerprint density at radius 1 is 0.462 bits per heavy atom. The molecule has 0 unspecified atom stereocenters. The molecule has 0 bridgehead atoms. The summed E-state index contributed by atoms with van der Waals surface area (Å²) in [5.41, 5.74) is 7.58. The van der Waals surface area contributed by atoms with Crippen LogP contribution in [0.25, 0.3) is 0 Å². The normalized spacial score (nSPS) is 10.7. The van der Waals surface area contributed by atoms with E-state index in [1.54, 1.807) is 52.3 Å². The molecule has 0 radical (unpaired) electrons. The van der Waals surface area contributed by atoms with Gasteiger partial charge in [0, 0.05) is 68.5 Å². The van der Waals surface area contributed by atoms with Gasteiger partial charge in [0.05, 0.1) is 0 Å². The maximum absolute atomic E-state index is 12.7. The van der Waals surface area contributed by atoms with Crippen molar-refractivity contribution < 1.29 is 24.0 Å². The molecule has 16 heteroatoms. The molecular formula is C23H49N11O5. The number of unbranched alkanes of at least 4 members (excludes halogenated alkanes) is 6. The third-order valence-electron chi connectivity index (χ3n) is 4.95. The minimum absolute atomic E-state index is 0.141. The summed E-state index contributed by atoms with van der Waals surface area (Å²) >= 11 is 0. The Balaban J connectivity index is 4.42. The Labute approximate surface area is 231 Å². The number of carbonyl (C=O) groups is 5. The fourth-order valence-corrected chi connectivity index (χ4v) is 3.22. The predicted molar refractivity (Wildman–Crippen MR) is 148 cm³/mol. The first-order valence-electron chi connectivity index (χ1n) is 13.2. The lowest BCUT2D eigenvalue weighted by Crippen LogP contribution is -2.54. The first-order chi connectivity index (χ1) is 18.4. The maximum Gasteiger partial charge on any atom is 0.337 e. The predicted octanol–water partition coefficient (Wildman–Crippen LogP) is 0.566. The van der Waals surface area contributed by atoms with E-state index in [0.29, 0.717) is 32.5 Å². The summed E-state index contributed by atoms with van der Waals surface area (Å²) in [6.07, 6.45) is 6.06. The van der Waals surface area contributed by atoms with Crippen LogP contribution in [0, 0.1) is 0 Å². The number of hydrogen-bond acceptors (Lipinski definition) is 8. The minimum Gasteiger partial charge on any atom is -0.338 e. The van der Waals surface area contributed by atoms with Gasteiger partial charge in [0.1, 0.15) is 0 Å². The summed E-state index contributed by atoms with van der Waals surface area (Å²) in [7, 11) is 10.1. The number of nitrogens with zero attached hydrogens (tertiary/aromatic N) is 4. The SMILES string of the molecule is CN(C)NC(=O)NCCCCCCNC(=O)N(CCCCCCNC(=O)NN(C)C)C(=O)NC(=O)NN(C)C. The molecule has 0 heterocycles. The lowest BCUT2D eigenvalue weighted by Gasteiger charge is -2.22. The highest BCUT2D eigenvalue weighted by Gasteiger charge is 2.22. The van der Waals surface area contributed by atoms with Gasteiger partial charge in [-0.05, 0) is 25.7 Å². The molecule has 0 aliphatic heterocycles. The van der Waals surface area contributed by atoms with Gasteiger partial charge in [-0.25, -0.2) is 43.9 Å². The van der Waals surface area contributed by atoms with Gasteiger partial charge in [-0.1, -0.05) is 25.7 Å². The quantitative estimate of drug-likeness (QED) is 0.0996. The Morgan fingerprint density at radius 2 is 0.846 bits per heavy atom. The number of nitrogens with one attached hydrogen (secondary N) is 7. The molecule has 226 valence electrons. The van der Waals surface area contributed by atoms with Crippen molar-refractivity contribution in [2.45, 2.75) is 51.4 Å². The monoisotopic (exact) mass is 559 g/mol. The molecular weight excluding hydrogens is 510 g/mol. The zero-order chi connectivity index (χ0) is 29.6. The van der Waals surface area contributed by atoms with E-state index >= 15 is 0 Å². The van der Waals surface area contributed by atoms with Gasteiger partial charge in [0.25, 0.3) is 0 Å². The fraction of sp³-hybridized carbons (Fsp3) is 0.783. The van der Waals surface area contributed by atoms with Crippen molar-refractivity contribution in [3.63, 3.8) is 0 Å². The standard InChI is InChI=1S/C23H49N11O5/c1-31(2)28-19(35)24-15-11-7-8-13-17-26-22(38)34(23(39)27-21(37)30-33(5)6)18-14-10-9-12-16-25-20(36)29-32(3)4/h7-18H2,1-6H3,(H,26,38)(H2,24,28,35)(H2,25,29,36)(H2,27,30,37,39). The molecule has 0 aromatic heterocycles. The van der Waals surface area contributed by atoms with E-state index in [0.717, 1.165) is 43.4 Å². The number of urea groups is 5. The van der Waals surface area contributed by atoms with Crippen molar-refractivity contribution in [2.75, 3.05) is 68.5 Å². The second-order valence-corrected chi connectivity index (χ2v) is 9.50. The van der Waals surface area contributed by atoms with E-state index in [4.69, 9.17) is 0 Å². The second kappa shape index (κ2) is 21.6. The minimum atomic E-state index is -0.809. The van der Waals surface area contributed by atoms with Gasteiger partial charge in [-0.3, -0.25) is 21.6 Å². The first-order valence-corrected chi connectivity index (χ1v) is 13.2. The molecule has 0 saturated carbocycles. The highest BCUT2D eigenvalue weighted by molar-refractivity contribution is 6.01. The van der Waals surface area contributed by atoms with Crippen molar-refractivity contribution in [1.29, 1.82) is 0 Å². The van der Waals surface area contributed by atoms with E-state index in [9.17, 15) is 24.0 Å². The third kappa shape index (κ3) is 21.3. The summed E-state index contributed by atoms with van der Waals surface area (Å²) in [6, 6.07) is -2.66. The van der Waals surface area contributed by atoms with Gasteiger partial charge >= 0.3 is 30.2 Å². The number of imide groups is 2. The average molecular weight is 560 g/mol. The van der Waals surface area contributed by atoms with Gasteiger partial charge in [-0.2, -0.15) is 0 Å². The largest absolute Gasteiger partial charge is 0.338 e. The molecule has 0 aliphatic rings. The van der Waals surface area contributed by atoms with E-state index in [-0.39, 0.29) is 18.6 Å². The van der Waals surface area contributed by atoms with Crippen LogP contribution in [0.2, 0.25) is 0 Å².